The standard InChI is InChI=1S/C13H17ClN4/c1-11(8-15)18-6-4-17(5-7-18)10-12-2-3-16-9-13(12)14/h2-3,9,11H,4-7,10H2,1H3. The molecule has 1 aliphatic heterocycles. The molecule has 0 aromatic carbocycles. The van der Waals surface area contributed by atoms with Crippen LogP contribution in [-0.4, -0.2) is 47.0 Å². The lowest BCUT2D eigenvalue weighted by atomic mass is 10.2. The molecule has 96 valence electrons. The molecule has 1 aliphatic rings. The fraction of sp³-hybridized carbons (Fsp3) is 0.538. The molecular weight excluding hydrogens is 248 g/mol. The molecule has 0 amide bonds. The van der Waals surface area contributed by atoms with E-state index >= 15 is 0 Å². The molecule has 1 atom stereocenters. The van der Waals surface area contributed by atoms with Crippen LogP contribution in [0.25, 0.3) is 0 Å². The van der Waals surface area contributed by atoms with Crippen LogP contribution in [0.2, 0.25) is 5.02 Å². The van der Waals surface area contributed by atoms with Crippen molar-refractivity contribution in [1.82, 2.24) is 14.8 Å². The highest BCUT2D eigenvalue weighted by Gasteiger charge is 2.21. The van der Waals surface area contributed by atoms with E-state index in [1.54, 1.807) is 12.4 Å². The SMILES string of the molecule is CC(C#N)N1CCN(Cc2ccncc2Cl)CC1. The van der Waals surface area contributed by atoms with E-state index in [2.05, 4.69) is 20.9 Å². The first kappa shape index (κ1) is 13.3. The fourth-order valence-electron chi connectivity index (χ4n) is 2.16. The van der Waals surface area contributed by atoms with E-state index in [1.807, 2.05) is 13.0 Å². The second-order valence-electron chi connectivity index (χ2n) is 4.58. The molecule has 2 rings (SSSR count). The smallest absolute Gasteiger partial charge is 0.0950 e. The molecule has 0 aliphatic carbocycles. The molecule has 5 heteroatoms. The topological polar surface area (TPSA) is 43.2 Å². The number of rotatable bonds is 3. The highest BCUT2D eigenvalue weighted by atomic mass is 35.5. The monoisotopic (exact) mass is 264 g/mol. The van der Waals surface area contributed by atoms with Gasteiger partial charge in [0.05, 0.1) is 17.1 Å². The largest absolute Gasteiger partial charge is 0.296 e. The maximum Gasteiger partial charge on any atom is 0.0950 e. The Kier molecular flexibility index (Phi) is 4.54. The zero-order chi connectivity index (χ0) is 13.0. The third-order valence-corrected chi connectivity index (χ3v) is 3.73. The maximum absolute atomic E-state index is 8.89. The van der Waals surface area contributed by atoms with E-state index in [0.717, 1.165) is 43.3 Å². The molecule has 1 unspecified atom stereocenters. The van der Waals surface area contributed by atoms with Crippen LogP contribution in [0.5, 0.6) is 0 Å². The van der Waals surface area contributed by atoms with Gasteiger partial charge in [0.15, 0.2) is 0 Å². The van der Waals surface area contributed by atoms with Gasteiger partial charge in [0, 0.05) is 45.1 Å². The normalized spacial score (nSPS) is 19.4. The Bertz CT molecular complexity index is 435. The molecule has 1 aromatic heterocycles. The summed E-state index contributed by atoms with van der Waals surface area (Å²) >= 11 is 6.10. The fourth-order valence-corrected chi connectivity index (χ4v) is 2.34. The minimum atomic E-state index is 0.0108. The van der Waals surface area contributed by atoms with Gasteiger partial charge in [-0.25, -0.2) is 0 Å². The summed E-state index contributed by atoms with van der Waals surface area (Å²) in [5.74, 6) is 0. The van der Waals surface area contributed by atoms with Gasteiger partial charge in [-0.05, 0) is 18.6 Å². The Labute approximate surface area is 113 Å². The minimum absolute atomic E-state index is 0.0108. The number of hydrogen-bond donors (Lipinski definition) is 0. The molecule has 0 spiro atoms. The summed E-state index contributed by atoms with van der Waals surface area (Å²) in [5.41, 5.74) is 1.12. The summed E-state index contributed by atoms with van der Waals surface area (Å²) < 4.78 is 0. The second kappa shape index (κ2) is 6.14. The number of nitriles is 1. The van der Waals surface area contributed by atoms with Gasteiger partial charge in [-0.2, -0.15) is 5.26 Å². The van der Waals surface area contributed by atoms with Gasteiger partial charge in [-0.1, -0.05) is 11.6 Å². The van der Waals surface area contributed by atoms with Gasteiger partial charge in [0.1, 0.15) is 0 Å². The van der Waals surface area contributed by atoms with Crippen molar-refractivity contribution in [3.05, 3.63) is 29.0 Å². The van der Waals surface area contributed by atoms with Crippen LogP contribution in [0.4, 0.5) is 0 Å². The third-order valence-electron chi connectivity index (χ3n) is 3.39. The van der Waals surface area contributed by atoms with Gasteiger partial charge in [-0.15, -0.1) is 0 Å². The van der Waals surface area contributed by atoms with Crippen molar-refractivity contribution < 1.29 is 0 Å². The highest BCUT2D eigenvalue weighted by Crippen LogP contribution is 2.17. The maximum atomic E-state index is 8.89. The summed E-state index contributed by atoms with van der Waals surface area (Å²) in [5, 5.41) is 9.62. The van der Waals surface area contributed by atoms with Gasteiger partial charge >= 0.3 is 0 Å². The predicted octanol–water partition coefficient (Wildman–Crippen LogP) is 1.76. The number of hydrogen-bond acceptors (Lipinski definition) is 4. The molecule has 1 saturated heterocycles. The average molecular weight is 265 g/mol. The molecule has 0 bridgehead atoms. The predicted molar refractivity (Wildman–Crippen MR) is 71.2 cm³/mol. The van der Waals surface area contributed by atoms with E-state index in [0.29, 0.717) is 0 Å². The van der Waals surface area contributed by atoms with Crippen molar-refractivity contribution in [2.45, 2.75) is 19.5 Å². The molecule has 4 nitrogen and oxygen atoms in total. The average Bonchev–Trinajstić information content (AvgIpc) is 2.41. The van der Waals surface area contributed by atoms with Crippen LogP contribution < -0.4 is 0 Å². The summed E-state index contributed by atoms with van der Waals surface area (Å²) in [6, 6.07) is 4.26. The van der Waals surface area contributed by atoms with Crippen molar-refractivity contribution in [3.8, 4) is 6.07 Å². The second-order valence-corrected chi connectivity index (χ2v) is 4.99. The summed E-state index contributed by atoms with van der Waals surface area (Å²) in [6.07, 6.45) is 3.46. The Morgan fingerprint density at radius 3 is 2.78 bits per heavy atom. The Hall–Kier alpha value is -1.15. The van der Waals surface area contributed by atoms with Crippen LogP contribution in [-0.2, 0) is 6.54 Å². The van der Waals surface area contributed by atoms with Gasteiger partial charge in [0.25, 0.3) is 0 Å². The van der Waals surface area contributed by atoms with Crippen LogP contribution in [0.3, 0.4) is 0 Å². The van der Waals surface area contributed by atoms with Crippen molar-refractivity contribution in [2.75, 3.05) is 26.2 Å². The number of nitrogens with zero attached hydrogens (tertiary/aromatic N) is 4. The molecule has 0 radical (unpaired) electrons. The van der Waals surface area contributed by atoms with E-state index in [1.165, 1.54) is 0 Å². The highest BCUT2D eigenvalue weighted by molar-refractivity contribution is 6.31. The van der Waals surface area contributed by atoms with E-state index < -0.39 is 0 Å². The molecule has 18 heavy (non-hydrogen) atoms. The summed E-state index contributed by atoms with van der Waals surface area (Å²) in [6.45, 7) is 6.65. The van der Waals surface area contributed by atoms with Gasteiger partial charge in [0.2, 0.25) is 0 Å². The van der Waals surface area contributed by atoms with Crippen molar-refractivity contribution >= 4 is 11.6 Å². The van der Waals surface area contributed by atoms with Crippen molar-refractivity contribution in [3.63, 3.8) is 0 Å². The van der Waals surface area contributed by atoms with E-state index in [4.69, 9.17) is 16.9 Å². The molecule has 2 heterocycles. The van der Waals surface area contributed by atoms with E-state index in [9.17, 15) is 0 Å². The molecular formula is C13H17ClN4. The number of halogens is 1. The Balaban J connectivity index is 1.88. The zero-order valence-electron chi connectivity index (χ0n) is 10.5. The number of piperazine rings is 1. The quantitative estimate of drug-likeness (QED) is 0.835. The zero-order valence-corrected chi connectivity index (χ0v) is 11.3. The lowest BCUT2D eigenvalue weighted by molar-refractivity contribution is 0.114. The Morgan fingerprint density at radius 2 is 2.17 bits per heavy atom. The van der Waals surface area contributed by atoms with Gasteiger partial charge in [-0.3, -0.25) is 14.8 Å². The molecule has 0 N–H and O–H groups in total. The first-order valence-corrected chi connectivity index (χ1v) is 6.53. The van der Waals surface area contributed by atoms with Crippen LogP contribution in [0.15, 0.2) is 18.5 Å². The first-order chi connectivity index (χ1) is 8.70. The molecule has 0 saturated carbocycles. The molecule has 1 aromatic rings. The van der Waals surface area contributed by atoms with Gasteiger partial charge < -0.3 is 0 Å². The number of aromatic nitrogens is 1. The molecule has 1 fully saturated rings. The lowest BCUT2D eigenvalue weighted by Gasteiger charge is -2.35. The Morgan fingerprint density at radius 1 is 1.44 bits per heavy atom. The lowest BCUT2D eigenvalue weighted by Crippen LogP contribution is -2.48. The van der Waals surface area contributed by atoms with Crippen LogP contribution in [0, 0.1) is 11.3 Å². The van der Waals surface area contributed by atoms with Crippen molar-refractivity contribution in [1.29, 1.82) is 5.26 Å². The summed E-state index contributed by atoms with van der Waals surface area (Å²) in [7, 11) is 0. The van der Waals surface area contributed by atoms with Crippen molar-refractivity contribution in [2.24, 2.45) is 0 Å². The van der Waals surface area contributed by atoms with Crippen LogP contribution >= 0.6 is 11.6 Å². The summed E-state index contributed by atoms with van der Waals surface area (Å²) in [4.78, 5) is 8.57. The third kappa shape index (κ3) is 3.20. The number of pyridine rings is 1. The van der Waals surface area contributed by atoms with Crippen LogP contribution in [0.1, 0.15) is 12.5 Å². The van der Waals surface area contributed by atoms with E-state index in [-0.39, 0.29) is 6.04 Å². The minimum Gasteiger partial charge on any atom is -0.296 e. The first-order valence-electron chi connectivity index (χ1n) is 6.15.